The monoisotopic (exact) mass is 379 g/mol. The number of nitrogens with zero attached hydrogens (tertiary/aromatic N) is 4. The Morgan fingerprint density at radius 3 is 2.93 bits per heavy atom. The van der Waals surface area contributed by atoms with Gasteiger partial charge in [0, 0.05) is 25.4 Å². The number of aromatic nitrogens is 4. The molecule has 0 fully saturated rings. The third-order valence-corrected chi connectivity index (χ3v) is 4.94. The van der Waals surface area contributed by atoms with Crippen molar-refractivity contribution in [1.29, 1.82) is 0 Å². The largest absolute Gasteiger partial charge is 0.351 e. The number of aryl methyl sites for hydroxylation is 2. The summed E-state index contributed by atoms with van der Waals surface area (Å²) in [6, 6.07) is 0. The van der Waals surface area contributed by atoms with Crippen LogP contribution in [0.3, 0.4) is 0 Å². The Balaban J connectivity index is 1.85. The van der Waals surface area contributed by atoms with Crippen molar-refractivity contribution in [3.05, 3.63) is 47.6 Å². The van der Waals surface area contributed by atoms with Gasteiger partial charge in [-0.15, -0.1) is 0 Å². The predicted molar refractivity (Wildman–Crippen MR) is 112 cm³/mol. The molecule has 0 spiro atoms. The number of rotatable bonds is 7. The maximum Gasteiger partial charge on any atom is 0.272 e. The van der Waals surface area contributed by atoms with Gasteiger partial charge in [-0.1, -0.05) is 25.7 Å². The molecular formula is C22H29N5O. The molecule has 148 valence electrons. The van der Waals surface area contributed by atoms with Gasteiger partial charge in [0.25, 0.3) is 5.91 Å². The molecule has 0 atom stereocenters. The Hall–Kier alpha value is -2.76. The molecule has 0 aliphatic heterocycles. The van der Waals surface area contributed by atoms with E-state index in [1.165, 1.54) is 0 Å². The molecule has 0 unspecified atom stereocenters. The molecule has 1 aliphatic rings. The zero-order valence-corrected chi connectivity index (χ0v) is 17.1. The Labute approximate surface area is 166 Å². The molecule has 0 saturated carbocycles. The van der Waals surface area contributed by atoms with Crippen molar-refractivity contribution in [3.63, 3.8) is 0 Å². The van der Waals surface area contributed by atoms with Crippen molar-refractivity contribution in [3.8, 4) is 11.4 Å². The van der Waals surface area contributed by atoms with Crippen molar-refractivity contribution < 1.29 is 4.79 Å². The van der Waals surface area contributed by atoms with Crippen LogP contribution in [0.1, 0.15) is 67.0 Å². The van der Waals surface area contributed by atoms with Crippen molar-refractivity contribution in [2.75, 3.05) is 6.54 Å². The normalized spacial score (nSPS) is 13.1. The van der Waals surface area contributed by atoms with Gasteiger partial charge in [-0.3, -0.25) is 9.48 Å². The van der Waals surface area contributed by atoms with Crippen LogP contribution in [-0.2, 0) is 19.9 Å². The van der Waals surface area contributed by atoms with Crippen LogP contribution < -0.4 is 5.32 Å². The first-order valence-electron chi connectivity index (χ1n) is 10.0. The molecule has 6 nitrogen and oxygen atoms in total. The minimum absolute atomic E-state index is 0.103. The van der Waals surface area contributed by atoms with E-state index in [9.17, 15) is 4.79 Å². The first-order chi connectivity index (χ1) is 13.5. The second kappa shape index (κ2) is 8.95. The molecule has 2 aromatic heterocycles. The van der Waals surface area contributed by atoms with Gasteiger partial charge in [0.05, 0.1) is 11.4 Å². The molecule has 0 saturated heterocycles. The van der Waals surface area contributed by atoms with Crippen molar-refractivity contribution in [1.82, 2.24) is 25.1 Å². The summed E-state index contributed by atoms with van der Waals surface area (Å²) in [6.45, 7) is 8.62. The lowest BCUT2D eigenvalue weighted by atomic mass is 10.1. The highest BCUT2D eigenvalue weighted by Crippen LogP contribution is 2.33. The molecule has 2 heterocycles. The van der Waals surface area contributed by atoms with Gasteiger partial charge in [0.2, 0.25) is 0 Å². The summed E-state index contributed by atoms with van der Waals surface area (Å²) >= 11 is 0. The molecule has 6 heteroatoms. The zero-order chi connectivity index (χ0) is 20.1. The van der Waals surface area contributed by atoms with Crippen LogP contribution in [0, 0.1) is 0 Å². The highest BCUT2D eigenvalue weighted by Gasteiger charge is 2.27. The number of hydrogen-bond donors (Lipinski definition) is 1. The molecule has 2 aromatic rings. The van der Waals surface area contributed by atoms with Crippen molar-refractivity contribution in [2.24, 2.45) is 7.05 Å². The van der Waals surface area contributed by atoms with Crippen LogP contribution in [0.2, 0.25) is 0 Å². The highest BCUT2D eigenvalue weighted by atomic mass is 16.1. The number of allylic oxidation sites excluding steroid dienone is 3. The van der Waals surface area contributed by atoms with E-state index in [2.05, 4.69) is 41.1 Å². The second-order valence-electron chi connectivity index (χ2n) is 7.28. The summed E-state index contributed by atoms with van der Waals surface area (Å²) in [4.78, 5) is 21.9. The number of unbranched alkanes of at least 4 members (excludes halogenated alkanes) is 1. The maximum atomic E-state index is 12.8. The average molecular weight is 380 g/mol. The van der Waals surface area contributed by atoms with E-state index in [1.807, 2.05) is 20.2 Å². The Morgan fingerprint density at radius 1 is 1.36 bits per heavy atom. The molecule has 1 amide bonds. The molecule has 28 heavy (non-hydrogen) atoms. The fourth-order valence-corrected chi connectivity index (χ4v) is 3.53. The van der Waals surface area contributed by atoms with Crippen LogP contribution in [-0.4, -0.2) is 32.2 Å². The number of amides is 1. The van der Waals surface area contributed by atoms with Gasteiger partial charge in [0.15, 0.2) is 11.5 Å². The third-order valence-electron chi connectivity index (χ3n) is 4.94. The van der Waals surface area contributed by atoms with E-state index in [1.54, 1.807) is 4.68 Å². The topological polar surface area (TPSA) is 72.7 Å². The first-order valence-corrected chi connectivity index (χ1v) is 10.0. The van der Waals surface area contributed by atoms with E-state index in [4.69, 9.17) is 4.98 Å². The molecule has 0 radical (unpaired) electrons. The van der Waals surface area contributed by atoms with Crippen LogP contribution in [0.25, 0.3) is 17.0 Å². The zero-order valence-electron chi connectivity index (χ0n) is 17.1. The van der Waals surface area contributed by atoms with Crippen LogP contribution in [0.4, 0.5) is 0 Å². The lowest BCUT2D eigenvalue weighted by molar-refractivity contribution is 0.0946. The lowest BCUT2D eigenvalue weighted by Crippen LogP contribution is -2.26. The number of hydrogen-bond acceptors (Lipinski definition) is 4. The van der Waals surface area contributed by atoms with Crippen molar-refractivity contribution in [2.45, 2.75) is 52.4 Å². The molecular weight excluding hydrogens is 350 g/mol. The van der Waals surface area contributed by atoms with Gasteiger partial charge in [-0.2, -0.15) is 5.10 Å². The number of nitrogens with one attached hydrogen (secondary N) is 1. The smallest absolute Gasteiger partial charge is 0.272 e. The Morgan fingerprint density at radius 2 is 2.18 bits per heavy atom. The number of carbonyl (C=O) groups is 1. The minimum atomic E-state index is -0.103. The van der Waals surface area contributed by atoms with E-state index >= 15 is 0 Å². The van der Waals surface area contributed by atoms with Gasteiger partial charge in [0.1, 0.15) is 0 Å². The van der Waals surface area contributed by atoms with E-state index < -0.39 is 0 Å². The highest BCUT2D eigenvalue weighted by molar-refractivity contribution is 5.95. The summed E-state index contributed by atoms with van der Waals surface area (Å²) in [7, 11) is 1.88. The molecule has 1 aliphatic carbocycles. The summed E-state index contributed by atoms with van der Waals surface area (Å²) in [5.74, 6) is 0.535. The molecule has 3 rings (SSSR count). The van der Waals surface area contributed by atoms with Gasteiger partial charge in [-0.25, -0.2) is 9.97 Å². The fraction of sp³-hybridized carbons (Fsp3) is 0.455. The Bertz CT molecular complexity index is 910. The summed E-state index contributed by atoms with van der Waals surface area (Å²) in [5, 5.41) is 7.56. The SMILES string of the molecule is C=C(C)c1ncc2c(n1)-c1c(c(C(=O)NCCCC=CCC)nn1C)CCC2. The fourth-order valence-electron chi connectivity index (χ4n) is 3.53. The summed E-state index contributed by atoms with van der Waals surface area (Å²) in [6.07, 6.45) is 11.8. The number of carbonyl (C=O) groups excluding carboxylic acids is 1. The first kappa shape index (κ1) is 20.0. The van der Waals surface area contributed by atoms with Crippen molar-refractivity contribution >= 4 is 11.5 Å². The molecule has 0 aromatic carbocycles. The standard InChI is InChI=1S/C22H29N5O/c1-5-6-7-8-9-13-23-22(28)19-17-12-10-11-16-14-24-21(15(2)3)25-18(16)20(17)27(4)26-19/h6-7,14H,2,5,8-13H2,1,3-4H3,(H,23,28). The summed E-state index contributed by atoms with van der Waals surface area (Å²) < 4.78 is 1.79. The van der Waals surface area contributed by atoms with Crippen LogP contribution in [0.5, 0.6) is 0 Å². The quantitative estimate of drug-likeness (QED) is 0.585. The Kier molecular flexibility index (Phi) is 6.39. The van der Waals surface area contributed by atoms with E-state index in [-0.39, 0.29) is 5.91 Å². The maximum absolute atomic E-state index is 12.8. The summed E-state index contributed by atoms with van der Waals surface area (Å²) in [5.41, 5.74) is 5.22. The lowest BCUT2D eigenvalue weighted by Gasteiger charge is -2.09. The minimum Gasteiger partial charge on any atom is -0.351 e. The molecule has 0 bridgehead atoms. The third kappa shape index (κ3) is 4.21. The number of fused-ring (bicyclic) bond motifs is 3. The van der Waals surface area contributed by atoms with Gasteiger partial charge in [-0.05, 0) is 56.6 Å². The molecule has 1 N–H and O–H groups in total. The van der Waals surface area contributed by atoms with Gasteiger partial charge < -0.3 is 5.32 Å². The second-order valence-corrected chi connectivity index (χ2v) is 7.28. The van der Waals surface area contributed by atoms with E-state index in [0.29, 0.717) is 18.1 Å². The van der Waals surface area contributed by atoms with Crippen LogP contribution in [0.15, 0.2) is 24.9 Å². The predicted octanol–water partition coefficient (Wildman–Crippen LogP) is 3.88. The van der Waals surface area contributed by atoms with E-state index in [0.717, 1.165) is 66.6 Å². The van der Waals surface area contributed by atoms with Crippen LogP contribution >= 0.6 is 0 Å². The average Bonchev–Trinajstić information content (AvgIpc) is 2.88. The van der Waals surface area contributed by atoms with Gasteiger partial charge >= 0.3 is 0 Å².